The number of nitrogens with zero attached hydrogens (tertiary/aromatic N) is 1. The van der Waals surface area contributed by atoms with Gasteiger partial charge in [0.2, 0.25) is 0 Å². The van der Waals surface area contributed by atoms with Crippen LogP contribution in [0.5, 0.6) is 0 Å². The fourth-order valence-electron chi connectivity index (χ4n) is 4.12. The summed E-state index contributed by atoms with van der Waals surface area (Å²) in [4.78, 5) is 27.6. The molecule has 1 unspecified atom stereocenters. The molecule has 0 saturated carbocycles. The van der Waals surface area contributed by atoms with Crippen LogP contribution in [0.4, 0.5) is 0 Å². The number of nitrogens with two attached hydrogens (primary N) is 2. The first kappa shape index (κ1) is 27.3. The normalized spacial score (nSPS) is 16.9. The Kier molecular flexibility index (Phi) is 9.82. The third kappa shape index (κ3) is 7.35. The standard InChI is InChI=1S/C25H32ClN3O5S/c26-17-35(32,33)24(28)21(11-8-18-4-2-1-3-5-18)23(30)22(27)16-19-6-9-20(10-7-19)25(31)29-12-14-34-15-13-29/h1-7,9-10,21-22,24H,8,11-17,27-28H2/t21?,22-,24-/m0/s1. The zero-order valence-corrected chi connectivity index (χ0v) is 21.1. The average molecular weight is 522 g/mol. The summed E-state index contributed by atoms with van der Waals surface area (Å²) in [5.41, 5.74) is 14.5. The molecule has 0 spiro atoms. The second-order valence-corrected chi connectivity index (χ2v) is 11.4. The summed E-state index contributed by atoms with van der Waals surface area (Å²) in [6.45, 7) is 2.15. The van der Waals surface area contributed by atoms with Gasteiger partial charge in [-0.05, 0) is 42.5 Å². The number of carbonyl (C=O) groups is 2. The van der Waals surface area contributed by atoms with Crippen LogP contribution in [0.25, 0.3) is 0 Å². The van der Waals surface area contributed by atoms with E-state index in [9.17, 15) is 18.0 Å². The number of benzene rings is 2. The molecule has 8 nitrogen and oxygen atoms in total. The van der Waals surface area contributed by atoms with Crippen LogP contribution in [0, 0.1) is 5.92 Å². The van der Waals surface area contributed by atoms with Crippen LogP contribution in [-0.4, -0.2) is 67.9 Å². The van der Waals surface area contributed by atoms with Gasteiger partial charge >= 0.3 is 0 Å². The number of rotatable bonds is 11. The average Bonchev–Trinajstić information content (AvgIpc) is 2.89. The van der Waals surface area contributed by atoms with Crippen LogP contribution >= 0.6 is 11.6 Å². The molecule has 1 saturated heterocycles. The number of morpholine rings is 1. The zero-order chi connectivity index (χ0) is 25.4. The Hall–Kier alpha value is -2.30. The van der Waals surface area contributed by atoms with Gasteiger partial charge in [0.05, 0.1) is 19.3 Å². The van der Waals surface area contributed by atoms with Gasteiger partial charge in [-0.15, -0.1) is 11.6 Å². The van der Waals surface area contributed by atoms with Crippen molar-refractivity contribution in [1.82, 2.24) is 4.90 Å². The van der Waals surface area contributed by atoms with Crippen molar-refractivity contribution in [2.45, 2.75) is 30.7 Å². The molecule has 1 aliphatic rings. The summed E-state index contributed by atoms with van der Waals surface area (Å²) in [5.74, 6) is -1.48. The molecule has 3 atom stereocenters. The van der Waals surface area contributed by atoms with Crippen LogP contribution in [-0.2, 0) is 32.2 Å². The molecule has 2 aromatic rings. The highest BCUT2D eigenvalue weighted by molar-refractivity contribution is 7.93. The Balaban J connectivity index is 1.69. The van der Waals surface area contributed by atoms with Gasteiger partial charge < -0.3 is 21.1 Å². The van der Waals surface area contributed by atoms with Gasteiger partial charge in [0.15, 0.2) is 15.6 Å². The summed E-state index contributed by atoms with van der Waals surface area (Å²) in [6.07, 6.45) is 0.912. The van der Waals surface area contributed by atoms with Crippen LogP contribution in [0.2, 0.25) is 0 Å². The molecule has 3 rings (SSSR count). The van der Waals surface area contributed by atoms with Gasteiger partial charge in [0.25, 0.3) is 5.91 Å². The lowest BCUT2D eigenvalue weighted by atomic mass is 9.89. The number of hydrogen-bond donors (Lipinski definition) is 2. The minimum Gasteiger partial charge on any atom is -0.378 e. The van der Waals surface area contributed by atoms with E-state index < -0.39 is 38.2 Å². The number of hydrogen-bond acceptors (Lipinski definition) is 7. The fraction of sp³-hybridized carbons (Fsp3) is 0.440. The van der Waals surface area contributed by atoms with Crippen LogP contribution < -0.4 is 11.5 Å². The van der Waals surface area contributed by atoms with Crippen molar-refractivity contribution in [2.75, 3.05) is 31.5 Å². The van der Waals surface area contributed by atoms with Crippen LogP contribution in [0.3, 0.4) is 0 Å². The molecule has 0 aromatic heterocycles. The number of halogens is 1. The molecule has 1 amide bonds. The third-order valence-corrected chi connectivity index (χ3v) is 8.61. The summed E-state index contributed by atoms with van der Waals surface area (Å²) >= 11 is 5.61. The van der Waals surface area contributed by atoms with Crippen molar-refractivity contribution < 1.29 is 22.7 Å². The predicted octanol–water partition coefficient (Wildman–Crippen LogP) is 1.74. The van der Waals surface area contributed by atoms with Crippen molar-refractivity contribution in [3.05, 3.63) is 71.3 Å². The molecule has 4 N–H and O–H groups in total. The Labute approximate surface area is 211 Å². The summed E-state index contributed by atoms with van der Waals surface area (Å²) in [6, 6.07) is 15.4. The first-order chi connectivity index (χ1) is 16.7. The number of Topliss-reactive ketones (excluding diaryl/α,β-unsaturated/α-hetero) is 1. The van der Waals surface area contributed by atoms with Crippen molar-refractivity contribution >= 4 is 33.1 Å². The highest BCUT2D eigenvalue weighted by atomic mass is 35.5. The lowest BCUT2D eigenvalue weighted by Gasteiger charge is -2.27. The number of carbonyl (C=O) groups excluding carboxylic acids is 2. The van der Waals surface area contributed by atoms with Gasteiger partial charge in [0.1, 0.15) is 10.6 Å². The number of sulfone groups is 1. The number of ether oxygens (including phenoxy) is 1. The van der Waals surface area contributed by atoms with Gasteiger partial charge in [-0.3, -0.25) is 9.59 Å². The van der Waals surface area contributed by atoms with Gasteiger partial charge in [0, 0.05) is 24.6 Å². The second-order valence-electron chi connectivity index (χ2n) is 8.68. The van der Waals surface area contributed by atoms with Crippen LogP contribution in [0.1, 0.15) is 27.9 Å². The van der Waals surface area contributed by atoms with Crippen molar-refractivity contribution in [1.29, 1.82) is 0 Å². The number of aryl methyl sites for hydroxylation is 1. The Morgan fingerprint density at radius 2 is 1.60 bits per heavy atom. The molecule has 1 aliphatic heterocycles. The monoisotopic (exact) mass is 521 g/mol. The number of alkyl halides is 1. The maximum absolute atomic E-state index is 13.3. The smallest absolute Gasteiger partial charge is 0.254 e. The first-order valence-electron chi connectivity index (χ1n) is 11.5. The number of ketones is 1. The molecule has 2 aromatic carbocycles. The Morgan fingerprint density at radius 3 is 2.20 bits per heavy atom. The zero-order valence-electron chi connectivity index (χ0n) is 19.5. The van der Waals surface area contributed by atoms with E-state index in [1.54, 1.807) is 29.2 Å². The fourth-order valence-corrected chi connectivity index (χ4v) is 5.47. The molecule has 10 heteroatoms. The first-order valence-corrected chi connectivity index (χ1v) is 13.8. The maximum atomic E-state index is 13.3. The lowest BCUT2D eigenvalue weighted by Crippen LogP contribution is -2.48. The Morgan fingerprint density at radius 1 is 0.971 bits per heavy atom. The molecular formula is C25H32ClN3O5S. The van der Waals surface area contributed by atoms with Crippen molar-refractivity contribution in [2.24, 2.45) is 17.4 Å². The van der Waals surface area contributed by atoms with Gasteiger partial charge in [-0.2, -0.15) is 0 Å². The van der Waals surface area contributed by atoms with Gasteiger partial charge in [-0.1, -0.05) is 42.5 Å². The summed E-state index contributed by atoms with van der Waals surface area (Å²) in [5, 5.41) is -2.10. The topological polar surface area (TPSA) is 133 Å². The molecule has 35 heavy (non-hydrogen) atoms. The van der Waals surface area contributed by atoms with E-state index in [-0.39, 0.29) is 18.7 Å². The largest absolute Gasteiger partial charge is 0.378 e. The quantitative estimate of drug-likeness (QED) is 0.430. The third-order valence-electron chi connectivity index (χ3n) is 6.24. The maximum Gasteiger partial charge on any atom is 0.254 e. The number of amides is 1. The van der Waals surface area contributed by atoms with Crippen molar-refractivity contribution in [3.8, 4) is 0 Å². The van der Waals surface area contributed by atoms with E-state index in [4.69, 9.17) is 27.8 Å². The Bertz CT molecular complexity index is 1090. The van der Waals surface area contributed by atoms with E-state index in [1.165, 1.54) is 0 Å². The van der Waals surface area contributed by atoms with E-state index in [0.717, 1.165) is 11.1 Å². The minimum atomic E-state index is -3.86. The van der Waals surface area contributed by atoms with Crippen molar-refractivity contribution in [3.63, 3.8) is 0 Å². The van der Waals surface area contributed by atoms with E-state index in [1.807, 2.05) is 30.3 Å². The molecule has 0 bridgehead atoms. The molecule has 190 valence electrons. The molecule has 1 heterocycles. The summed E-state index contributed by atoms with van der Waals surface area (Å²) < 4.78 is 30.0. The second kappa shape index (κ2) is 12.6. The highest BCUT2D eigenvalue weighted by Crippen LogP contribution is 2.21. The predicted molar refractivity (Wildman–Crippen MR) is 136 cm³/mol. The minimum absolute atomic E-state index is 0.0709. The lowest BCUT2D eigenvalue weighted by molar-refractivity contribution is -0.124. The SMILES string of the molecule is N[C@H](C(CCc1ccccc1)C(=O)[C@@H](N)Cc1ccc(C(=O)N2CCOCC2)cc1)S(=O)(=O)CCl. The van der Waals surface area contributed by atoms with Gasteiger partial charge in [-0.25, -0.2) is 8.42 Å². The van der Waals surface area contributed by atoms with E-state index >= 15 is 0 Å². The van der Waals surface area contributed by atoms with E-state index in [0.29, 0.717) is 38.3 Å². The molecule has 0 aliphatic carbocycles. The summed E-state index contributed by atoms with van der Waals surface area (Å²) in [7, 11) is -3.86. The highest BCUT2D eigenvalue weighted by Gasteiger charge is 2.36. The molecule has 1 fully saturated rings. The molecular weight excluding hydrogens is 490 g/mol. The molecule has 0 radical (unpaired) electrons. The van der Waals surface area contributed by atoms with Crippen LogP contribution in [0.15, 0.2) is 54.6 Å². The van der Waals surface area contributed by atoms with E-state index in [2.05, 4.69) is 0 Å².